The molecule has 2 nitrogen and oxygen atoms in total. The number of halogens is 1. The van der Waals surface area contributed by atoms with Crippen LogP contribution < -0.4 is 5.32 Å². The summed E-state index contributed by atoms with van der Waals surface area (Å²) in [5, 5.41) is 14.1. The number of hydrogen-bond donors (Lipinski definition) is 1. The normalized spacial score (nSPS) is 28.5. The van der Waals surface area contributed by atoms with E-state index in [1.54, 1.807) is 0 Å². The molecule has 0 heterocycles. The smallest absolute Gasteiger partial charge is 0.109 e. The number of benzene rings is 1. The second-order valence-electron chi connectivity index (χ2n) is 6.19. The van der Waals surface area contributed by atoms with Gasteiger partial charge in [0.2, 0.25) is 0 Å². The van der Waals surface area contributed by atoms with Crippen LogP contribution in [0.3, 0.4) is 0 Å². The second kappa shape index (κ2) is 6.60. The van der Waals surface area contributed by atoms with Crippen LogP contribution in [0.15, 0.2) is 29.2 Å². The fourth-order valence-electron chi connectivity index (χ4n) is 3.31. The van der Waals surface area contributed by atoms with Crippen LogP contribution in [0.2, 0.25) is 5.02 Å². The fraction of sp³-hybridized carbons (Fsp3) is 0.588. The molecule has 2 aliphatic carbocycles. The SMILES string of the molecule is N#CC1(NC2CC2)CCCC1CCSc1cccc(Cl)c1. The minimum absolute atomic E-state index is 0.254. The van der Waals surface area contributed by atoms with Crippen LogP contribution in [0, 0.1) is 17.2 Å². The van der Waals surface area contributed by atoms with Crippen LogP contribution in [0.4, 0.5) is 0 Å². The minimum atomic E-state index is -0.254. The Morgan fingerprint density at radius 3 is 2.95 bits per heavy atom. The zero-order valence-electron chi connectivity index (χ0n) is 12.1. The van der Waals surface area contributed by atoms with Crippen molar-refractivity contribution in [3.63, 3.8) is 0 Å². The summed E-state index contributed by atoms with van der Waals surface area (Å²) >= 11 is 7.86. The molecule has 0 aromatic heterocycles. The molecule has 2 unspecified atom stereocenters. The van der Waals surface area contributed by atoms with Crippen LogP contribution >= 0.6 is 23.4 Å². The lowest BCUT2D eigenvalue weighted by molar-refractivity contribution is 0.308. The van der Waals surface area contributed by atoms with Crippen LogP contribution in [0.25, 0.3) is 0 Å². The molecule has 2 fully saturated rings. The van der Waals surface area contributed by atoms with Gasteiger partial charge in [0.25, 0.3) is 0 Å². The maximum absolute atomic E-state index is 9.68. The third kappa shape index (κ3) is 3.74. The topological polar surface area (TPSA) is 35.8 Å². The average Bonchev–Trinajstić information content (AvgIpc) is 3.20. The van der Waals surface area contributed by atoms with Crippen molar-refractivity contribution in [3.05, 3.63) is 29.3 Å². The van der Waals surface area contributed by atoms with Crippen LogP contribution in [0.5, 0.6) is 0 Å². The Balaban J connectivity index is 1.55. The van der Waals surface area contributed by atoms with Crippen LogP contribution in [-0.4, -0.2) is 17.3 Å². The standard InChI is InChI=1S/C17H21ClN2S/c18-14-4-1-5-16(11-14)21-10-8-13-3-2-9-17(13,12-19)20-15-6-7-15/h1,4-5,11,13,15,20H,2-3,6-10H2. The Kier molecular flexibility index (Phi) is 4.78. The second-order valence-corrected chi connectivity index (χ2v) is 7.79. The lowest BCUT2D eigenvalue weighted by Gasteiger charge is -2.30. The molecule has 4 heteroatoms. The molecule has 1 aromatic carbocycles. The van der Waals surface area contributed by atoms with Crippen molar-refractivity contribution in [1.82, 2.24) is 5.32 Å². The highest BCUT2D eigenvalue weighted by Crippen LogP contribution is 2.41. The zero-order chi connectivity index (χ0) is 14.7. The largest absolute Gasteiger partial charge is 0.296 e. The summed E-state index contributed by atoms with van der Waals surface area (Å²) in [6.07, 6.45) is 6.97. The van der Waals surface area contributed by atoms with Gasteiger partial charge in [0.1, 0.15) is 5.54 Å². The highest BCUT2D eigenvalue weighted by Gasteiger charge is 2.45. The summed E-state index contributed by atoms with van der Waals surface area (Å²) in [4.78, 5) is 1.22. The van der Waals surface area contributed by atoms with Gasteiger partial charge in [-0.25, -0.2) is 0 Å². The number of nitrogens with one attached hydrogen (secondary N) is 1. The number of rotatable bonds is 6. The summed E-state index contributed by atoms with van der Waals surface area (Å²) in [6.45, 7) is 0. The van der Waals surface area contributed by atoms with Gasteiger partial charge in [0.15, 0.2) is 0 Å². The lowest BCUT2D eigenvalue weighted by Crippen LogP contribution is -2.48. The molecule has 2 aliphatic rings. The fourth-order valence-corrected chi connectivity index (χ4v) is 4.58. The summed E-state index contributed by atoms with van der Waals surface area (Å²) in [5.74, 6) is 1.55. The summed E-state index contributed by atoms with van der Waals surface area (Å²) < 4.78 is 0. The molecule has 0 amide bonds. The van der Waals surface area contributed by atoms with Crippen molar-refractivity contribution < 1.29 is 0 Å². The highest BCUT2D eigenvalue weighted by atomic mass is 35.5. The lowest BCUT2D eigenvalue weighted by atomic mass is 9.86. The van der Waals surface area contributed by atoms with Crippen molar-refractivity contribution in [2.75, 3.05) is 5.75 Å². The van der Waals surface area contributed by atoms with Gasteiger partial charge in [-0.15, -0.1) is 11.8 Å². The van der Waals surface area contributed by atoms with Crippen LogP contribution in [-0.2, 0) is 0 Å². The van der Waals surface area contributed by atoms with E-state index in [1.807, 2.05) is 30.0 Å². The van der Waals surface area contributed by atoms with Gasteiger partial charge in [-0.05, 0) is 62.0 Å². The molecule has 2 saturated carbocycles. The van der Waals surface area contributed by atoms with Crippen molar-refractivity contribution >= 4 is 23.4 Å². The van der Waals surface area contributed by atoms with E-state index in [9.17, 15) is 5.26 Å². The van der Waals surface area contributed by atoms with Crippen LogP contribution in [0.1, 0.15) is 38.5 Å². The van der Waals surface area contributed by atoms with Gasteiger partial charge in [-0.1, -0.05) is 24.1 Å². The van der Waals surface area contributed by atoms with E-state index >= 15 is 0 Å². The molecule has 1 aromatic rings. The Morgan fingerprint density at radius 1 is 1.38 bits per heavy atom. The van der Waals surface area contributed by atoms with Gasteiger partial charge >= 0.3 is 0 Å². The molecule has 3 rings (SSSR count). The monoisotopic (exact) mass is 320 g/mol. The highest BCUT2D eigenvalue weighted by molar-refractivity contribution is 7.99. The summed E-state index contributed by atoms with van der Waals surface area (Å²) in [6, 6.07) is 11.2. The maximum atomic E-state index is 9.68. The molecule has 2 atom stereocenters. The minimum Gasteiger partial charge on any atom is -0.296 e. The van der Waals surface area contributed by atoms with E-state index in [0.717, 1.165) is 23.6 Å². The predicted molar refractivity (Wildman–Crippen MR) is 88.6 cm³/mol. The third-order valence-corrected chi connectivity index (χ3v) is 5.85. The first-order valence-corrected chi connectivity index (χ1v) is 9.15. The predicted octanol–water partition coefficient (Wildman–Crippen LogP) is 4.64. The van der Waals surface area contributed by atoms with Crippen molar-refractivity contribution in [2.24, 2.45) is 5.92 Å². The molecule has 0 saturated heterocycles. The van der Waals surface area contributed by atoms with Gasteiger partial charge in [0, 0.05) is 16.0 Å². The first-order chi connectivity index (χ1) is 10.2. The van der Waals surface area contributed by atoms with Crippen molar-refractivity contribution in [2.45, 2.75) is 55.0 Å². The molecule has 0 bridgehead atoms. The van der Waals surface area contributed by atoms with Gasteiger partial charge < -0.3 is 0 Å². The van der Waals surface area contributed by atoms with E-state index in [-0.39, 0.29) is 5.54 Å². The van der Waals surface area contributed by atoms with Gasteiger partial charge in [-0.2, -0.15) is 5.26 Å². The molecule has 21 heavy (non-hydrogen) atoms. The molecule has 112 valence electrons. The van der Waals surface area contributed by atoms with E-state index in [4.69, 9.17) is 11.6 Å². The van der Waals surface area contributed by atoms with E-state index < -0.39 is 0 Å². The molecule has 0 spiro atoms. The van der Waals surface area contributed by atoms with Gasteiger partial charge in [0.05, 0.1) is 6.07 Å². The Morgan fingerprint density at radius 2 is 2.24 bits per heavy atom. The number of hydrogen-bond acceptors (Lipinski definition) is 3. The number of nitriles is 1. The van der Waals surface area contributed by atoms with E-state index in [0.29, 0.717) is 12.0 Å². The first kappa shape index (κ1) is 15.2. The quantitative estimate of drug-likeness (QED) is 0.776. The van der Waals surface area contributed by atoms with Crippen molar-refractivity contribution in [3.8, 4) is 6.07 Å². The average molecular weight is 321 g/mol. The molecule has 0 radical (unpaired) electrons. The Bertz CT molecular complexity index is 538. The maximum Gasteiger partial charge on any atom is 0.109 e. The summed E-state index contributed by atoms with van der Waals surface area (Å²) in [7, 11) is 0. The summed E-state index contributed by atoms with van der Waals surface area (Å²) in [5.41, 5.74) is -0.254. The molecular weight excluding hydrogens is 300 g/mol. The van der Waals surface area contributed by atoms with Crippen molar-refractivity contribution in [1.29, 1.82) is 5.26 Å². The van der Waals surface area contributed by atoms with E-state index in [2.05, 4.69) is 17.5 Å². The number of nitrogens with zero attached hydrogens (tertiary/aromatic N) is 1. The molecule has 0 aliphatic heterocycles. The zero-order valence-corrected chi connectivity index (χ0v) is 13.7. The van der Waals surface area contributed by atoms with E-state index in [1.165, 1.54) is 30.6 Å². The Labute approximate surface area is 136 Å². The first-order valence-electron chi connectivity index (χ1n) is 7.79. The molecular formula is C17H21ClN2S. The third-order valence-electron chi connectivity index (χ3n) is 4.59. The van der Waals surface area contributed by atoms with Gasteiger partial charge in [-0.3, -0.25) is 5.32 Å². The Hall–Kier alpha value is -0.690. The molecule has 1 N–H and O–H groups in total. The number of thioether (sulfide) groups is 1.